The molecule has 378 valence electrons. The van der Waals surface area contributed by atoms with Crippen LogP contribution in [-0.4, -0.2) is 50.0 Å². The molecule has 0 fully saturated rings. The number of nitriles is 1. The van der Waals surface area contributed by atoms with Crippen LogP contribution < -0.4 is 16.4 Å². The number of aryl methyl sites for hydroxylation is 3. The highest BCUT2D eigenvalue weighted by atomic mass is 35.5. The minimum absolute atomic E-state index is 0.179. The second-order valence-corrected chi connectivity index (χ2v) is 26.3. The number of carbonyl (C=O) groups excluding carboxylic acids is 4. The Kier molecular flexibility index (Phi) is 16.5. The van der Waals surface area contributed by atoms with Crippen LogP contribution in [0.5, 0.6) is 0 Å². The van der Waals surface area contributed by atoms with E-state index in [0.717, 1.165) is 81.3 Å². The molecule has 6 aromatic rings. The summed E-state index contributed by atoms with van der Waals surface area (Å²) in [5, 5.41) is 17.2. The van der Waals surface area contributed by atoms with Crippen LogP contribution in [0.15, 0.2) is 36.4 Å². The Labute approximate surface area is 436 Å². The zero-order chi connectivity index (χ0) is 51.7. The monoisotopic (exact) mass is 1040 g/mol. The summed E-state index contributed by atoms with van der Waals surface area (Å²) in [5.41, 5.74) is 13.8. The average molecular weight is 1040 g/mol. The summed E-state index contributed by atoms with van der Waals surface area (Å²) >= 11 is 9.74. The normalized spacial score (nSPS) is 18.6. The van der Waals surface area contributed by atoms with Crippen molar-refractivity contribution >= 4 is 99.2 Å². The molecular formula is C56H70ClN7O4S3. The summed E-state index contributed by atoms with van der Waals surface area (Å²) in [5.74, 6) is 1.06. The van der Waals surface area contributed by atoms with E-state index in [1.807, 2.05) is 32.0 Å². The second-order valence-electron chi connectivity index (χ2n) is 22.9. The van der Waals surface area contributed by atoms with Crippen LogP contribution in [-0.2, 0) is 43.3 Å². The molecule has 71 heavy (non-hydrogen) atoms. The number of fused-ring (bicyclic) bond motifs is 6. The van der Waals surface area contributed by atoms with Crippen LogP contribution in [0.3, 0.4) is 0 Å². The Morgan fingerprint density at radius 3 is 1.28 bits per heavy atom. The Morgan fingerprint density at radius 1 is 0.620 bits per heavy atom. The highest BCUT2D eigenvalue weighted by Crippen LogP contribution is 2.41. The number of thiophene rings is 3. The predicted molar refractivity (Wildman–Crippen MR) is 292 cm³/mol. The summed E-state index contributed by atoms with van der Waals surface area (Å²) < 4.78 is 0. The number of primary amides is 1. The highest BCUT2D eigenvalue weighted by molar-refractivity contribution is 7.22. The van der Waals surface area contributed by atoms with Gasteiger partial charge in [0.1, 0.15) is 26.6 Å². The van der Waals surface area contributed by atoms with Gasteiger partial charge in [-0.15, -0.1) is 34.0 Å². The van der Waals surface area contributed by atoms with Crippen LogP contribution in [0.1, 0.15) is 171 Å². The maximum atomic E-state index is 12.5. The van der Waals surface area contributed by atoms with Crippen molar-refractivity contribution in [3.05, 3.63) is 84.8 Å². The number of halogens is 1. The SMILES string of the molecule is CC(C)(C)C1CCc2nc3sc(C(=O)Cl)cc3cc2C1.CC[C@@H](C#N)NC(=O)c1cc2cc3c(nc2s1)CCC(C(C)(C)C)C3.CC[C@H](NC(=O)c1cc2cc3c(nc2s1)CCC(C(C)(C)C)C3)C(N)=O. The lowest BCUT2D eigenvalue weighted by Gasteiger charge is -2.34. The molecule has 15 heteroatoms. The summed E-state index contributed by atoms with van der Waals surface area (Å²) in [7, 11) is 0. The average Bonchev–Trinajstić information content (AvgIpc) is 4.05. The Balaban J connectivity index is 0.000000158. The first kappa shape index (κ1) is 54.0. The van der Waals surface area contributed by atoms with Crippen molar-refractivity contribution in [2.24, 2.45) is 39.7 Å². The second kappa shape index (κ2) is 21.7. The molecule has 0 aromatic carbocycles. The van der Waals surface area contributed by atoms with E-state index in [-0.39, 0.29) is 17.2 Å². The highest BCUT2D eigenvalue weighted by Gasteiger charge is 2.33. The molecule has 3 aliphatic carbocycles. The third-order valence-electron chi connectivity index (χ3n) is 14.9. The number of hydrogen-bond donors (Lipinski definition) is 3. The van der Waals surface area contributed by atoms with Gasteiger partial charge in [0.15, 0.2) is 0 Å². The van der Waals surface area contributed by atoms with Gasteiger partial charge in [0.25, 0.3) is 17.1 Å². The molecule has 3 amide bonds. The summed E-state index contributed by atoms with van der Waals surface area (Å²) in [6.07, 6.45) is 10.8. The third kappa shape index (κ3) is 12.9. The lowest BCUT2D eigenvalue weighted by Crippen LogP contribution is -2.43. The first-order chi connectivity index (χ1) is 33.3. The number of carbonyl (C=O) groups is 4. The van der Waals surface area contributed by atoms with Crippen LogP contribution in [0.25, 0.3) is 30.6 Å². The smallest absolute Gasteiger partial charge is 0.262 e. The van der Waals surface area contributed by atoms with E-state index in [0.29, 0.717) is 56.1 Å². The lowest BCUT2D eigenvalue weighted by molar-refractivity contribution is -0.119. The van der Waals surface area contributed by atoms with Gasteiger partial charge in [0.2, 0.25) is 5.91 Å². The zero-order valence-corrected chi connectivity index (χ0v) is 46.4. The number of pyridine rings is 3. The molecule has 0 spiro atoms. The number of hydrogen-bond acceptors (Lipinski definition) is 11. The number of nitrogens with two attached hydrogens (primary N) is 1. The first-order valence-corrected chi connectivity index (χ1v) is 27.9. The molecule has 0 bridgehead atoms. The molecular weight excluding hydrogens is 966 g/mol. The molecule has 4 N–H and O–H groups in total. The molecule has 0 saturated carbocycles. The number of nitrogens with zero attached hydrogens (tertiary/aromatic N) is 4. The van der Waals surface area contributed by atoms with Crippen LogP contribution in [0.2, 0.25) is 0 Å². The molecule has 0 radical (unpaired) electrons. The van der Waals surface area contributed by atoms with Gasteiger partial charge in [0.05, 0.1) is 20.7 Å². The minimum atomic E-state index is -0.638. The van der Waals surface area contributed by atoms with Crippen molar-refractivity contribution in [2.45, 2.75) is 159 Å². The van der Waals surface area contributed by atoms with Gasteiger partial charge in [-0.1, -0.05) is 76.2 Å². The van der Waals surface area contributed by atoms with Crippen molar-refractivity contribution in [1.29, 1.82) is 5.26 Å². The van der Waals surface area contributed by atoms with Gasteiger partial charge in [-0.25, -0.2) is 15.0 Å². The van der Waals surface area contributed by atoms with Crippen molar-refractivity contribution in [2.75, 3.05) is 0 Å². The van der Waals surface area contributed by atoms with E-state index >= 15 is 0 Å². The van der Waals surface area contributed by atoms with E-state index in [9.17, 15) is 19.2 Å². The molecule has 0 aliphatic heterocycles. The fourth-order valence-corrected chi connectivity index (χ4v) is 12.9. The van der Waals surface area contributed by atoms with Gasteiger partial charge in [-0.2, -0.15) is 5.26 Å². The molecule has 9 rings (SSSR count). The standard InChI is InChI=1S/C20H27N3O2S.C20H25N3OS.C16H18ClNOS/c1-5-14(17(21)24)22-18(25)16-10-12-8-11-9-13(20(2,3)4)6-7-15(11)23-19(12)26-16;1-5-15(11-21)22-18(24)17-10-13-8-12-9-14(20(2,3)4)6-7-16(12)23-19(13)25-17;1-16(2,3)11-4-5-12-9(7-11)6-10-8-13(14(17)19)20-15(10)18-12/h8,10,13-14H,5-7,9H2,1-4H3,(H2,21,24)(H,22,25);8,10,14-15H,5-7,9H2,1-4H3,(H,22,24);6,8,11H,4-5,7H2,1-3H3/t13?,14-;14?,15-;/m00./s1. The summed E-state index contributed by atoms with van der Waals surface area (Å²) in [6, 6.07) is 13.3. The van der Waals surface area contributed by atoms with Gasteiger partial charge in [0, 0.05) is 33.2 Å². The molecule has 5 atom stereocenters. The topological polar surface area (TPSA) is 181 Å². The lowest BCUT2D eigenvalue weighted by atomic mass is 9.71. The van der Waals surface area contributed by atoms with Crippen molar-refractivity contribution in [1.82, 2.24) is 25.6 Å². The number of aromatic nitrogens is 3. The van der Waals surface area contributed by atoms with E-state index in [4.69, 9.17) is 37.5 Å². The Hall–Kier alpha value is -4.81. The molecule has 3 aliphatic rings. The maximum absolute atomic E-state index is 12.5. The zero-order valence-electron chi connectivity index (χ0n) is 43.2. The van der Waals surface area contributed by atoms with Crippen molar-refractivity contribution < 1.29 is 19.2 Å². The van der Waals surface area contributed by atoms with Gasteiger partial charge in [-0.05, 0) is 169 Å². The maximum Gasteiger partial charge on any atom is 0.262 e. The largest absolute Gasteiger partial charge is 0.368 e. The van der Waals surface area contributed by atoms with E-state index in [1.54, 1.807) is 0 Å². The van der Waals surface area contributed by atoms with Crippen LogP contribution in [0.4, 0.5) is 0 Å². The summed E-state index contributed by atoms with van der Waals surface area (Å²) in [6.45, 7) is 24.4. The first-order valence-electron chi connectivity index (χ1n) is 25.1. The van der Waals surface area contributed by atoms with E-state index < -0.39 is 23.2 Å². The fraction of sp³-hybridized carbons (Fsp3) is 0.536. The Bertz CT molecular complexity index is 3020. The number of amides is 3. The van der Waals surface area contributed by atoms with Crippen molar-refractivity contribution in [3.63, 3.8) is 0 Å². The van der Waals surface area contributed by atoms with Gasteiger partial charge < -0.3 is 16.4 Å². The number of nitrogens with one attached hydrogen (secondary N) is 2. The van der Waals surface area contributed by atoms with Crippen LogP contribution >= 0.6 is 45.6 Å². The molecule has 3 unspecified atom stereocenters. The van der Waals surface area contributed by atoms with E-state index in [2.05, 4.69) is 97.2 Å². The molecule has 6 aromatic heterocycles. The molecule has 11 nitrogen and oxygen atoms in total. The Morgan fingerprint density at radius 2 is 0.972 bits per heavy atom. The number of rotatable bonds is 8. The molecule has 0 saturated heterocycles. The molecule has 6 heterocycles. The van der Waals surface area contributed by atoms with E-state index in [1.165, 1.54) is 74.9 Å². The fourth-order valence-electron chi connectivity index (χ4n) is 9.97. The van der Waals surface area contributed by atoms with Gasteiger partial charge in [-0.3, -0.25) is 19.2 Å². The predicted octanol–water partition coefficient (Wildman–Crippen LogP) is 12.7. The summed E-state index contributed by atoms with van der Waals surface area (Å²) in [4.78, 5) is 66.4. The van der Waals surface area contributed by atoms with Gasteiger partial charge >= 0.3 is 0 Å². The third-order valence-corrected chi connectivity index (χ3v) is 18.3. The van der Waals surface area contributed by atoms with Crippen molar-refractivity contribution in [3.8, 4) is 6.07 Å². The van der Waals surface area contributed by atoms with Crippen LogP contribution in [0, 0.1) is 45.3 Å². The quantitative estimate of drug-likeness (QED) is 0.126. The minimum Gasteiger partial charge on any atom is -0.368 e.